The number of halogens is 1. The Balaban J connectivity index is 0.00000512. The van der Waals surface area contributed by atoms with Crippen LogP contribution in [-0.2, 0) is 9.53 Å². The van der Waals surface area contributed by atoms with E-state index < -0.39 is 0 Å². The maximum absolute atomic E-state index is 12.6. The maximum atomic E-state index is 12.6. The van der Waals surface area contributed by atoms with Gasteiger partial charge in [-0.3, -0.25) is 9.79 Å². The first-order chi connectivity index (χ1) is 15.1. The van der Waals surface area contributed by atoms with Crippen LogP contribution in [0.25, 0.3) is 0 Å². The molecule has 1 aliphatic rings. The topological polar surface area (TPSA) is 98.2 Å². The van der Waals surface area contributed by atoms with Crippen LogP contribution in [0.1, 0.15) is 19.8 Å². The molecule has 0 spiro atoms. The molecule has 0 saturated carbocycles. The van der Waals surface area contributed by atoms with Gasteiger partial charge in [0.1, 0.15) is 0 Å². The molecule has 0 unspecified atom stereocenters. The summed E-state index contributed by atoms with van der Waals surface area (Å²) in [5.41, 5.74) is 0. The fraction of sp³-hybridized carbons (Fsp3) is 0.714. The van der Waals surface area contributed by atoms with Gasteiger partial charge in [0.2, 0.25) is 11.9 Å². The third-order valence-electron chi connectivity index (χ3n) is 5.08. The van der Waals surface area contributed by atoms with Crippen LogP contribution < -0.4 is 15.5 Å². The van der Waals surface area contributed by atoms with Gasteiger partial charge in [0, 0.05) is 84.9 Å². The number of methoxy groups -OCH3 is 1. The summed E-state index contributed by atoms with van der Waals surface area (Å²) in [6, 6.07) is 1.81. The lowest BCUT2D eigenvalue weighted by Crippen LogP contribution is -2.50. The molecule has 0 radical (unpaired) electrons. The molecule has 0 aliphatic carbocycles. The highest BCUT2D eigenvalue weighted by Crippen LogP contribution is 2.10. The van der Waals surface area contributed by atoms with Crippen LogP contribution in [0.5, 0.6) is 0 Å². The van der Waals surface area contributed by atoms with E-state index in [1.54, 1.807) is 19.5 Å². The van der Waals surface area contributed by atoms with Crippen LogP contribution in [0.2, 0.25) is 0 Å². The molecule has 182 valence electrons. The van der Waals surface area contributed by atoms with Crippen molar-refractivity contribution in [3.05, 3.63) is 18.5 Å². The Morgan fingerprint density at radius 3 is 2.56 bits per heavy atom. The number of piperazine rings is 1. The third-order valence-corrected chi connectivity index (χ3v) is 5.08. The number of aromatic nitrogens is 2. The van der Waals surface area contributed by atoms with E-state index in [1.165, 1.54) is 0 Å². The highest BCUT2D eigenvalue weighted by Gasteiger charge is 2.22. The number of carbonyl (C=O) groups is 1. The fourth-order valence-corrected chi connectivity index (χ4v) is 3.32. The SMILES string of the molecule is CCNC(=NCCN(C)CCCOC)NCCC(=O)N1CCN(c2ncccn2)CC1.I. The number of hydrogen-bond acceptors (Lipinski definition) is 7. The Morgan fingerprint density at radius 2 is 1.91 bits per heavy atom. The van der Waals surface area contributed by atoms with Gasteiger partial charge in [-0.1, -0.05) is 0 Å². The maximum Gasteiger partial charge on any atom is 0.225 e. The molecule has 2 heterocycles. The first-order valence-electron chi connectivity index (χ1n) is 11.1. The quantitative estimate of drug-likeness (QED) is 0.166. The van der Waals surface area contributed by atoms with Crippen LogP contribution >= 0.6 is 24.0 Å². The lowest BCUT2D eigenvalue weighted by Gasteiger charge is -2.34. The van der Waals surface area contributed by atoms with Gasteiger partial charge in [-0.15, -0.1) is 24.0 Å². The Kier molecular flexibility index (Phi) is 14.9. The summed E-state index contributed by atoms with van der Waals surface area (Å²) in [7, 11) is 3.82. The number of amides is 1. The summed E-state index contributed by atoms with van der Waals surface area (Å²) >= 11 is 0. The first-order valence-corrected chi connectivity index (χ1v) is 11.1. The van der Waals surface area contributed by atoms with Gasteiger partial charge in [0.05, 0.1) is 6.54 Å². The lowest BCUT2D eigenvalue weighted by atomic mass is 10.3. The molecule has 32 heavy (non-hydrogen) atoms. The highest BCUT2D eigenvalue weighted by molar-refractivity contribution is 14.0. The molecule has 10 nitrogen and oxygen atoms in total. The second kappa shape index (κ2) is 16.8. The number of carbonyl (C=O) groups excluding carboxylic acids is 1. The van der Waals surface area contributed by atoms with Crippen LogP contribution in [0.15, 0.2) is 23.5 Å². The summed E-state index contributed by atoms with van der Waals surface area (Å²) in [5.74, 6) is 1.65. The minimum atomic E-state index is 0. The van der Waals surface area contributed by atoms with E-state index >= 15 is 0 Å². The number of nitrogens with one attached hydrogen (secondary N) is 2. The van der Waals surface area contributed by atoms with Gasteiger partial charge in [-0.05, 0) is 26.5 Å². The van der Waals surface area contributed by atoms with Gasteiger partial charge in [0.25, 0.3) is 0 Å². The number of rotatable bonds is 12. The van der Waals surface area contributed by atoms with E-state index in [0.29, 0.717) is 32.6 Å². The van der Waals surface area contributed by atoms with Crippen molar-refractivity contribution in [2.24, 2.45) is 4.99 Å². The van der Waals surface area contributed by atoms with E-state index in [2.05, 4.69) is 42.4 Å². The molecule has 1 aromatic rings. The van der Waals surface area contributed by atoms with Gasteiger partial charge in [-0.25, -0.2) is 9.97 Å². The van der Waals surface area contributed by atoms with E-state index in [0.717, 1.165) is 57.7 Å². The minimum Gasteiger partial charge on any atom is -0.385 e. The highest BCUT2D eigenvalue weighted by atomic mass is 127. The average molecular weight is 563 g/mol. The monoisotopic (exact) mass is 562 g/mol. The van der Waals surface area contributed by atoms with Crippen molar-refractivity contribution >= 4 is 41.8 Å². The number of aliphatic imine (C=N–C) groups is 1. The van der Waals surface area contributed by atoms with Crippen molar-refractivity contribution in [2.75, 3.05) is 84.6 Å². The molecule has 1 aliphatic heterocycles. The molecule has 1 amide bonds. The Bertz CT molecular complexity index is 656. The fourth-order valence-electron chi connectivity index (χ4n) is 3.32. The molecule has 2 N–H and O–H groups in total. The van der Waals surface area contributed by atoms with E-state index in [1.807, 2.05) is 17.9 Å². The lowest BCUT2D eigenvalue weighted by molar-refractivity contribution is -0.131. The molecule has 1 aromatic heterocycles. The van der Waals surface area contributed by atoms with E-state index in [4.69, 9.17) is 4.74 Å². The number of hydrogen-bond donors (Lipinski definition) is 2. The molecule has 11 heteroatoms. The largest absolute Gasteiger partial charge is 0.385 e. The van der Waals surface area contributed by atoms with Gasteiger partial charge in [-0.2, -0.15) is 0 Å². The average Bonchev–Trinajstić information content (AvgIpc) is 2.80. The van der Waals surface area contributed by atoms with Crippen molar-refractivity contribution in [3.63, 3.8) is 0 Å². The zero-order chi connectivity index (χ0) is 22.3. The first kappa shape index (κ1) is 28.3. The molecule has 0 atom stereocenters. The number of ether oxygens (including phenoxy) is 1. The molecular weight excluding hydrogens is 523 g/mol. The molecule has 1 saturated heterocycles. The summed E-state index contributed by atoms with van der Waals surface area (Å²) in [5, 5.41) is 6.51. The number of nitrogens with zero attached hydrogens (tertiary/aromatic N) is 6. The molecule has 1 fully saturated rings. The number of anilines is 1. The predicted octanol–water partition coefficient (Wildman–Crippen LogP) is 0.657. The smallest absolute Gasteiger partial charge is 0.225 e. The molecule has 0 bridgehead atoms. The minimum absolute atomic E-state index is 0. The van der Waals surface area contributed by atoms with Crippen LogP contribution in [-0.4, -0.2) is 111 Å². The second-order valence-electron chi connectivity index (χ2n) is 7.50. The normalized spacial score (nSPS) is 14.3. The van der Waals surface area contributed by atoms with Crippen LogP contribution in [0.4, 0.5) is 5.95 Å². The van der Waals surface area contributed by atoms with Crippen LogP contribution in [0.3, 0.4) is 0 Å². The Labute approximate surface area is 209 Å². The summed E-state index contributed by atoms with van der Waals surface area (Å²) in [4.78, 5) is 32.0. The third kappa shape index (κ3) is 10.7. The van der Waals surface area contributed by atoms with Gasteiger partial charge in [0.15, 0.2) is 5.96 Å². The summed E-state index contributed by atoms with van der Waals surface area (Å²) in [6.07, 6.45) is 4.95. The van der Waals surface area contributed by atoms with Crippen molar-refractivity contribution in [3.8, 4) is 0 Å². The second-order valence-corrected chi connectivity index (χ2v) is 7.50. The van der Waals surface area contributed by atoms with E-state index in [-0.39, 0.29) is 29.9 Å². The molecule has 0 aromatic carbocycles. The van der Waals surface area contributed by atoms with Crippen molar-refractivity contribution < 1.29 is 9.53 Å². The zero-order valence-corrected chi connectivity index (χ0v) is 22.0. The van der Waals surface area contributed by atoms with Gasteiger partial charge >= 0.3 is 0 Å². The zero-order valence-electron chi connectivity index (χ0n) is 19.6. The van der Waals surface area contributed by atoms with Crippen molar-refractivity contribution in [1.29, 1.82) is 0 Å². The van der Waals surface area contributed by atoms with Gasteiger partial charge < -0.3 is 30.1 Å². The molecule has 2 rings (SSSR count). The predicted molar refractivity (Wildman–Crippen MR) is 139 cm³/mol. The number of likely N-dealkylation sites (N-methyl/N-ethyl adjacent to an activating group) is 1. The standard InChI is InChI=1S/C21H38N8O2.HI/c1-4-22-20(24-11-13-27(2)12-6-18-31-3)23-10-7-19(30)28-14-16-29(17-15-28)21-25-8-5-9-26-21;/h5,8-9H,4,6-7,10-18H2,1-3H3,(H2,22,23,24);1H. The summed E-state index contributed by atoms with van der Waals surface area (Å²) < 4.78 is 5.09. The summed E-state index contributed by atoms with van der Waals surface area (Å²) in [6.45, 7) is 9.65. The Morgan fingerprint density at radius 1 is 1.19 bits per heavy atom. The van der Waals surface area contributed by atoms with Crippen molar-refractivity contribution in [2.45, 2.75) is 19.8 Å². The van der Waals surface area contributed by atoms with E-state index in [9.17, 15) is 4.79 Å². The Hall–Kier alpha value is -1.73. The molecular formula is C21H39IN8O2. The van der Waals surface area contributed by atoms with Crippen LogP contribution in [0, 0.1) is 0 Å². The number of guanidine groups is 1. The van der Waals surface area contributed by atoms with Crippen molar-refractivity contribution in [1.82, 2.24) is 30.4 Å².